The van der Waals surface area contributed by atoms with Gasteiger partial charge in [-0.05, 0) is 31.9 Å². The zero-order valence-electron chi connectivity index (χ0n) is 13.5. The van der Waals surface area contributed by atoms with Crippen LogP contribution in [0.4, 0.5) is 8.78 Å². The Kier molecular flexibility index (Phi) is 5.49. The van der Waals surface area contributed by atoms with Crippen molar-refractivity contribution in [2.75, 3.05) is 13.1 Å². The molecule has 1 aliphatic heterocycles. The summed E-state index contributed by atoms with van der Waals surface area (Å²) in [6, 6.07) is 1.45. The van der Waals surface area contributed by atoms with Gasteiger partial charge in [0.25, 0.3) is 0 Å². The first kappa shape index (κ1) is 18.0. The summed E-state index contributed by atoms with van der Waals surface area (Å²) in [6.07, 6.45) is -2.81. The molecule has 0 spiro atoms. The molecule has 2 rings (SSSR count). The highest BCUT2D eigenvalue weighted by Crippen LogP contribution is 2.41. The first-order chi connectivity index (χ1) is 10.7. The lowest BCUT2D eigenvalue weighted by Gasteiger charge is -2.20. The Balaban J connectivity index is 2.09. The summed E-state index contributed by atoms with van der Waals surface area (Å²) in [4.78, 5) is 15.4. The van der Waals surface area contributed by atoms with Crippen LogP contribution in [0.1, 0.15) is 32.2 Å². The Morgan fingerprint density at radius 3 is 2.83 bits per heavy atom. The first-order valence-electron chi connectivity index (χ1n) is 7.71. The SMILES string of the molecule is Cc1ccn([C@@H]2O[C@H](CNCCC(C)C)[C@@H](O)C2(F)F)c(=O)n1. The molecule has 130 valence electrons. The second kappa shape index (κ2) is 7.02. The van der Waals surface area contributed by atoms with Crippen LogP contribution in [0.3, 0.4) is 0 Å². The number of aromatic nitrogens is 2. The molecule has 6 nitrogen and oxygen atoms in total. The number of hydrogen-bond acceptors (Lipinski definition) is 5. The molecule has 1 fully saturated rings. The third-order valence-corrected chi connectivity index (χ3v) is 3.85. The van der Waals surface area contributed by atoms with E-state index in [1.807, 2.05) is 0 Å². The van der Waals surface area contributed by atoms with Gasteiger partial charge in [0.15, 0.2) is 0 Å². The van der Waals surface area contributed by atoms with Crippen LogP contribution in [-0.4, -0.2) is 45.9 Å². The van der Waals surface area contributed by atoms with E-state index >= 15 is 0 Å². The van der Waals surface area contributed by atoms with Gasteiger partial charge in [-0.25, -0.2) is 4.79 Å². The van der Waals surface area contributed by atoms with Crippen molar-refractivity contribution in [3.63, 3.8) is 0 Å². The number of ether oxygens (including phenoxy) is 1. The second-order valence-electron chi connectivity index (χ2n) is 6.29. The van der Waals surface area contributed by atoms with Gasteiger partial charge < -0.3 is 15.2 Å². The van der Waals surface area contributed by atoms with Crippen LogP contribution in [0.25, 0.3) is 0 Å². The van der Waals surface area contributed by atoms with Crippen molar-refractivity contribution in [2.24, 2.45) is 5.92 Å². The van der Waals surface area contributed by atoms with Gasteiger partial charge in [0, 0.05) is 18.4 Å². The van der Waals surface area contributed by atoms with Crippen LogP contribution in [0.2, 0.25) is 0 Å². The minimum atomic E-state index is -3.56. The number of aliphatic hydroxyl groups is 1. The van der Waals surface area contributed by atoms with E-state index in [2.05, 4.69) is 24.1 Å². The number of aryl methyl sites for hydroxylation is 1. The molecule has 1 aromatic rings. The molecule has 2 heterocycles. The molecule has 0 aliphatic carbocycles. The van der Waals surface area contributed by atoms with Crippen LogP contribution < -0.4 is 11.0 Å². The maximum absolute atomic E-state index is 14.3. The Hall–Kier alpha value is -1.38. The quantitative estimate of drug-likeness (QED) is 0.763. The van der Waals surface area contributed by atoms with E-state index in [9.17, 15) is 18.7 Å². The fourth-order valence-electron chi connectivity index (χ4n) is 2.45. The highest BCUT2D eigenvalue weighted by molar-refractivity contribution is 5.01. The average molecular weight is 331 g/mol. The Morgan fingerprint density at radius 1 is 1.52 bits per heavy atom. The maximum atomic E-state index is 14.3. The second-order valence-corrected chi connectivity index (χ2v) is 6.29. The zero-order valence-corrected chi connectivity index (χ0v) is 13.5. The molecule has 3 atom stereocenters. The summed E-state index contributed by atoms with van der Waals surface area (Å²) in [5, 5.41) is 12.9. The summed E-state index contributed by atoms with van der Waals surface area (Å²) in [5.74, 6) is -3.08. The fraction of sp³-hybridized carbons (Fsp3) is 0.733. The van der Waals surface area contributed by atoms with Crippen LogP contribution in [-0.2, 0) is 4.74 Å². The monoisotopic (exact) mass is 331 g/mol. The van der Waals surface area contributed by atoms with E-state index in [4.69, 9.17) is 4.74 Å². The van der Waals surface area contributed by atoms with E-state index in [1.54, 1.807) is 6.92 Å². The lowest BCUT2D eigenvalue weighted by atomic mass is 10.1. The number of rotatable bonds is 6. The van der Waals surface area contributed by atoms with Crippen molar-refractivity contribution < 1.29 is 18.6 Å². The summed E-state index contributed by atoms with van der Waals surface area (Å²) < 4.78 is 34.5. The van der Waals surface area contributed by atoms with Gasteiger partial charge >= 0.3 is 11.6 Å². The van der Waals surface area contributed by atoms with Crippen molar-refractivity contribution in [1.29, 1.82) is 0 Å². The maximum Gasteiger partial charge on any atom is 0.350 e. The highest BCUT2D eigenvalue weighted by atomic mass is 19.3. The van der Waals surface area contributed by atoms with Crippen molar-refractivity contribution in [3.8, 4) is 0 Å². The Morgan fingerprint density at radius 2 is 2.22 bits per heavy atom. The Labute approximate surface area is 133 Å². The first-order valence-corrected chi connectivity index (χ1v) is 7.71. The van der Waals surface area contributed by atoms with E-state index in [0.29, 0.717) is 18.2 Å². The standard InChI is InChI=1S/C15H23F2N3O3/c1-9(2)4-6-18-8-11-12(21)15(16,17)13(23-11)20-7-5-10(3)19-14(20)22/h5,7,9,11-13,18,21H,4,6,8H2,1-3H3/t11-,12-,13-/m1/s1. The lowest BCUT2D eigenvalue weighted by Crippen LogP contribution is -2.43. The van der Waals surface area contributed by atoms with Gasteiger partial charge in [-0.2, -0.15) is 13.8 Å². The largest absolute Gasteiger partial charge is 0.384 e. The van der Waals surface area contributed by atoms with Crippen molar-refractivity contribution in [2.45, 2.75) is 51.6 Å². The summed E-state index contributed by atoms with van der Waals surface area (Å²) >= 11 is 0. The molecule has 23 heavy (non-hydrogen) atoms. The molecule has 0 aromatic carbocycles. The number of hydrogen-bond donors (Lipinski definition) is 2. The topological polar surface area (TPSA) is 76.4 Å². The predicted octanol–water partition coefficient (Wildman–Crippen LogP) is 1.08. The van der Waals surface area contributed by atoms with E-state index in [1.165, 1.54) is 12.3 Å². The van der Waals surface area contributed by atoms with Crippen molar-refractivity contribution in [3.05, 3.63) is 28.4 Å². The third kappa shape index (κ3) is 3.94. The van der Waals surface area contributed by atoms with E-state index < -0.39 is 30.0 Å². The van der Waals surface area contributed by atoms with Gasteiger partial charge in [-0.1, -0.05) is 13.8 Å². The number of halogens is 2. The summed E-state index contributed by atoms with van der Waals surface area (Å²) in [5.41, 5.74) is -0.393. The smallest absolute Gasteiger partial charge is 0.350 e. The minimum absolute atomic E-state index is 0.0913. The van der Waals surface area contributed by atoms with E-state index in [-0.39, 0.29) is 6.54 Å². The van der Waals surface area contributed by atoms with Crippen molar-refractivity contribution >= 4 is 0 Å². The molecule has 0 radical (unpaired) electrons. The number of alkyl halides is 2. The van der Waals surface area contributed by atoms with Gasteiger partial charge in [0.2, 0.25) is 6.23 Å². The molecule has 0 bridgehead atoms. The predicted molar refractivity (Wildman–Crippen MR) is 80.4 cm³/mol. The molecule has 1 saturated heterocycles. The van der Waals surface area contributed by atoms with Crippen LogP contribution in [0.15, 0.2) is 17.1 Å². The molecule has 0 amide bonds. The number of aliphatic hydroxyl groups excluding tert-OH is 1. The van der Waals surface area contributed by atoms with Crippen LogP contribution in [0.5, 0.6) is 0 Å². The molecule has 1 aliphatic rings. The van der Waals surface area contributed by atoms with E-state index in [0.717, 1.165) is 11.0 Å². The molecule has 1 aromatic heterocycles. The average Bonchev–Trinajstić information content (AvgIpc) is 2.67. The summed E-state index contributed by atoms with van der Waals surface area (Å²) in [6.45, 7) is 6.45. The van der Waals surface area contributed by atoms with Gasteiger partial charge in [0.05, 0.1) is 0 Å². The molecule has 0 saturated carbocycles. The number of nitrogens with one attached hydrogen (secondary N) is 1. The van der Waals surface area contributed by atoms with Crippen LogP contribution >= 0.6 is 0 Å². The third-order valence-electron chi connectivity index (χ3n) is 3.85. The molecule has 0 unspecified atom stereocenters. The molecular formula is C15H23F2N3O3. The van der Waals surface area contributed by atoms with Crippen LogP contribution in [0, 0.1) is 12.8 Å². The summed E-state index contributed by atoms with van der Waals surface area (Å²) in [7, 11) is 0. The zero-order chi connectivity index (χ0) is 17.2. The minimum Gasteiger partial charge on any atom is -0.384 e. The fourth-order valence-corrected chi connectivity index (χ4v) is 2.45. The lowest BCUT2D eigenvalue weighted by molar-refractivity contribution is -0.140. The molecule has 2 N–H and O–H groups in total. The van der Waals surface area contributed by atoms with Gasteiger partial charge in [-0.15, -0.1) is 0 Å². The van der Waals surface area contributed by atoms with Gasteiger partial charge in [0.1, 0.15) is 12.2 Å². The normalized spacial score (nSPS) is 26.8. The number of nitrogens with zero attached hydrogens (tertiary/aromatic N) is 2. The van der Waals surface area contributed by atoms with Gasteiger partial charge in [-0.3, -0.25) is 4.57 Å². The molecular weight excluding hydrogens is 308 g/mol. The van der Waals surface area contributed by atoms with Crippen molar-refractivity contribution in [1.82, 2.24) is 14.9 Å². The highest BCUT2D eigenvalue weighted by Gasteiger charge is 2.59. The Bertz CT molecular complexity index is 592. The molecule has 8 heteroatoms.